The average molecular weight is 387 g/mol. The fraction of sp³-hybridized carbons (Fsp3) is 0.250. The van der Waals surface area contributed by atoms with Crippen molar-refractivity contribution in [2.75, 3.05) is 31.2 Å². The number of rotatable bonds is 4. The number of thiol groups is 1. The maximum atomic E-state index is 13.3. The summed E-state index contributed by atoms with van der Waals surface area (Å²) in [5.41, 5.74) is 3.04. The van der Waals surface area contributed by atoms with Crippen LogP contribution < -0.4 is 4.90 Å². The molecule has 2 heterocycles. The number of nitrogens with zero attached hydrogens (tertiary/aromatic N) is 3. The maximum absolute atomic E-state index is 13.3. The molecular weight excluding hydrogens is 368 g/mol. The van der Waals surface area contributed by atoms with E-state index in [0.717, 1.165) is 29.2 Å². The van der Waals surface area contributed by atoms with Crippen LogP contribution in [0.1, 0.15) is 12.1 Å². The summed E-state index contributed by atoms with van der Waals surface area (Å²) in [6.45, 7) is 3.13. The Bertz CT molecular complexity index is 904. The fourth-order valence-electron chi connectivity index (χ4n) is 3.17. The molecule has 2 aromatic carbocycles. The van der Waals surface area contributed by atoms with Gasteiger partial charge in [0.05, 0.1) is 24.6 Å². The number of benzene rings is 2. The number of ether oxygens (including phenoxy) is 1. The quantitative estimate of drug-likeness (QED) is 0.664. The predicted octanol–water partition coefficient (Wildman–Crippen LogP) is 4.60. The van der Waals surface area contributed by atoms with Crippen LogP contribution in [0.15, 0.2) is 59.5 Å². The SMILES string of the molecule is FC(F)c1cc(-c2ccc(N3CCOCC3)cc2)n(-c2ccc(S)cc2)n1. The van der Waals surface area contributed by atoms with Gasteiger partial charge in [0.15, 0.2) is 0 Å². The molecule has 0 aliphatic carbocycles. The van der Waals surface area contributed by atoms with Gasteiger partial charge in [0.2, 0.25) is 0 Å². The van der Waals surface area contributed by atoms with Crippen molar-refractivity contribution in [3.05, 3.63) is 60.3 Å². The Balaban J connectivity index is 1.70. The van der Waals surface area contributed by atoms with E-state index in [0.29, 0.717) is 24.6 Å². The summed E-state index contributed by atoms with van der Waals surface area (Å²) in [7, 11) is 0. The van der Waals surface area contributed by atoms with E-state index in [4.69, 9.17) is 4.74 Å². The summed E-state index contributed by atoms with van der Waals surface area (Å²) in [5, 5.41) is 4.11. The second-order valence-electron chi connectivity index (χ2n) is 6.33. The Morgan fingerprint density at radius 3 is 2.19 bits per heavy atom. The number of hydrogen-bond donors (Lipinski definition) is 1. The molecule has 1 fully saturated rings. The van der Waals surface area contributed by atoms with Gasteiger partial charge < -0.3 is 9.64 Å². The van der Waals surface area contributed by atoms with E-state index in [1.165, 1.54) is 6.07 Å². The lowest BCUT2D eigenvalue weighted by Gasteiger charge is -2.28. The topological polar surface area (TPSA) is 30.3 Å². The number of aromatic nitrogens is 2. The Morgan fingerprint density at radius 2 is 1.56 bits per heavy atom. The Kier molecular flexibility index (Phi) is 5.13. The summed E-state index contributed by atoms with van der Waals surface area (Å²) in [4.78, 5) is 3.05. The average Bonchev–Trinajstić information content (AvgIpc) is 3.15. The molecule has 4 rings (SSSR count). The zero-order chi connectivity index (χ0) is 18.8. The van der Waals surface area contributed by atoms with Gasteiger partial charge in [0, 0.05) is 29.2 Å². The van der Waals surface area contributed by atoms with Crippen LogP contribution in [0.25, 0.3) is 16.9 Å². The summed E-state index contributed by atoms with van der Waals surface area (Å²) in [6, 6.07) is 16.6. The van der Waals surface area contributed by atoms with Crippen LogP contribution in [0, 0.1) is 0 Å². The smallest absolute Gasteiger partial charge is 0.282 e. The molecule has 7 heteroatoms. The Labute approximate surface area is 161 Å². The normalized spacial score (nSPS) is 14.7. The monoisotopic (exact) mass is 387 g/mol. The number of anilines is 1. The second kappa shape index (κ2) is 7.70. The fourth-order valence-corrected chi connectivity index (χ4v) is 3.32. The highest BCUT2D eigenvalue weighted by molar-refractivity contribution is 7.80. The highest BCUT2D eigenvalue weighted by atomic mass is 32.1. The first-order valence-corrected chi connectivity index (χ1v) is 9.17. The van der Waals surface area contributed by atoms with E-state index < -0.39 is 6.43 Å². The Hall–Kier alpha value is -2.38. The van der Waals surface area contributed by atoms with Crippen LogP contribution in [0.4, 0.5) is 14.5 Å². The van der Waals surface area contributed by atoms with Crippen molar-refractivity contribution in [1.82, 2.24) is 9.78 Å². The van der Waals surface area contributed by atoms with Gasteiger partial charge in [-0.3, -0.25) is 0 Å². The maximum Gasteiger partial charge on any atom is 0.282 e. The molecule has 0 spiro atoms. The minimum absolute atomic E-state index is 0.239. The lowest BCUT2D eigenvalue weighted by Crippen LogP contribution is -2.36. The van der Waals surface area contributed by atoms with Gasteiger partial charge in [0.25, 0.3) is 6.43 Å². The van der Waals surface area contributed by atoms with Crippen LogP contribution >= 0.6 is 12.6 Å². The van der Waals surface area contributed by atoms with Gasteiger partial charge in [-0.25, -0.2) is 13.5 Å². The highest BCUT2D eigenvalue weighted by Gasteiger charge is 2.18. The van der Waals surface area contributed by atoms with E-state index in [1.807, 2.05) is 48.5 Å². The molecule has 0 saturated carbocycles. The van der Waals surface area contributed by atoms with Gasteiger partial charge in [0.1, 0.15) is 5.69 Å². The standard InChI is InChI=1S/C20H19F2N3OS/c21-20(22)18-13-19(25(23-18)16-5-7-17(27)8-6-16)14-1-3-15(4-2-14)24-9-11-26-12-10-24/h1-8,13,20,27H,9-12H2. The molecular formula is C20H19F2N3OS. The lowest BCUT2D eigenvalue weighted by molar-refractivity contribution is 0.122. The minimum atomic E-state index is -2.62. The zero-order valence-corrected chi connectivity index (χ0v) is 15.4. The van der Waals surface area contributed by atoms with Gasteiger partial charge >= 0.3 is 0 Å². The van der Waals surface area contributed by atoms with Crippen molar-refractivity contribution < 1.29 is 13.5 Å². The third-order valence-corrected chi connectivity index (χ3v) is 4.88. The summed E-state index contributed by atoms with van der Waals surface area (Å²) >= 11 is 4.28. The summed E-state index contributed by atoms with van der Waals surface area (Å²) in [6.07, 6.45) is -2.62. The van der Waals surface area contributed by atoms with Gasteiger partial charge in [-0.1, -0.05) is 12.1 Å². The first-order chi connectivity index (χ1) is 13.1. The van der Waals surface area contributed by atoms with E-state index >= 15 is 0 Å². The molecule has 0 radical (unpaired) electrons. The number of hydrogen-bond acceptors (Lipinski definition) is 4. The molecule has 0 atom stereocenters. The molecule has 4 nitrogen and oxygen atoms in total. The first kappa shape index (κ1) is 18.0. The van der Waals surface area contributed by atoms with Crippen LogP contribution in [0.2, 0.25) is 0 Å². The molecule has 1 aliphatic rings. The van der Waals surface area contributed by atoms with E-state index in [9.17, 15) is 8.78 Å². The molecule has 1 saturated heterocycles. The number of alkyl halides is 2. The summed E-state index contributed by atoms with van der Waals surface area (Å²) in [5.74, 6) is 0. The van der Waals surface area contributed by atoms with Crippen molar-refractivity contribution in [1.29, 1.82) is 0 Å². The molecule has 0 unspecified atom stereocenters. The van der Waals surface area contributed by atoms with Crippen molar-refractivity contribution >= 4 is 18.3 Å². The van der Waals surface area contributed by atoms with Crippen LogP contribution in [-0.2, 0) is 4.74 Å². The Morgan fingerprint density at radius 1 is 0.926 bits per heavy atom. The van der Waals surface area contributed by atoms with Crippen LogP contribution in [0.5, 0.6) is 0 Å². The van der Waals surface area contributed by atoms with Crippen molar-refractivity contribution in [2.24, 2.45) is 0 Å². The number of halogens is 2. The van der Waals surface area contributed by atoms with Crippen molar-refractivity contribution in [3.63, 3.8) is 0 Å². The van der Waals surface area contributed by atoms with Crippen LogP contribution in [0.3, 0.4) is 0 Å². The minimum Gasteiger partial charge on any atom is -0.378 e. The largest absolute Gasteiger partial charge is 0.378 e. The predicted molar refractivity (Wildman–Crippen MR) is 104 cm³/mol. The highest BCUT2D eigenvalue weighted by Crippen LogP contribution is 2.30. The number of morpholine rings is 1. The van der Waals surface area contributed by atoms with Gasteiger partial charge in [-0.15, -0.1) is 12.6 Å². The van der Waals surface area contributed by atoms with E-state index in [1.54, 1.807) is 4.68 Å². The second-order valence-corrected chi connectivity index (χ2v) is 6.85. The lowest BCUT2D eigenvalue weighted by atomic mass is 10.1. The molecule has 1 aromatic heterocycles. The van der Waals surface area contributed by atoms with Crippen molar-refractivity contribution in [3.8, 4) is 16.9 Å². The summed E-state index contributed by atoms with van der Waals surface area (Å²) < 4.78 is 33.4. The molecule has 1 aliphatic heterocycles. The van der Waals surface area contributed by atoms with Gasteiger partial charge in [-0.05, 0) is 42.5 Å². The molecule has 0 bridgehead atoms. The zero-order valence-electron chi connectivity index (χ0n) is 14.6. The molecule has 0 amide bonds. The van der Waals surface area contributed by atoms with Crippen LogP contribution in [-0.4, -0.2) is 36.1 Å². The third kappa shape index (κ3) is 3.84. The van der Waals surface area contributed by atoms with Crippen molar-refractivity contribution in [2.45, 2.75) is 11.3 Å². The molecule has 140 valence electrons. The van der Waals surface area contributed by atoms with Gasteiger partial charge in [-0.2, -0.15) is 5.10 Å². The van der Waals surface area contributed by atoms with E-state index in [-0.39, 0.29) is 5.69 Å². The molecule has 0 N–H and O–H groups in total. The third-order valence-electron chi connectivity index (χ3n) is 4.59. The van der Waals surface area contributed by atoms with E-state index in [2.05, 4.69) is 22.6 Å². The molecule has 3 aromatic rings. The molecule has 27 heavy (non-hydrogen) atoms. The first-order valence-electron chi connectivity index (χ1n) is 8.72.